The number of benzene rings is 3. The van der Waals surface area contributed by atoms with Crippen LogP contribution in [-0.4, -0.2) is 20.4 Å². The molecular formula is C29H27BrN4O. The van der Waals surface area contributed by atoms with Crippen molar-refractivity contribution in [2.75, 3.05) is 0 Å². The summed E-state index contributed by atoms with van der Waals surface area (Å²) >= 11 is 3.47. The molecule has 0 saturated heterocycles. The van der Waals surface area contributed by atoms with Crippen LogP contribution < -0.4 is 5.56 Å². The summed E-state index contributed by atoms with van der Waals surface area (Å²) in [4.78, 5) is 18.3. The zero-order valence-electron chi connectivity index (χ0n) is 20.1. The zero-order chi connectivity index (χ0) is 24.5. The number of aromatic nitrogens is 3. The number of fused-ring (bicyclic) bond motifs is 2. The van der Waals surface area contributed by atoms with Crippen LogP contribution in [0.5, 0.6) is 0 Å². The van der Waals surface area contributed by atoms with Gasteiger partial charge in [0.1, 0.15) is 5.82 Å². The van der Waals surface area contributed by atoms with Gasteiger partial charge in [0.2, 0.25) is 0 Å². The molecule has 0 fully saturated rings. The van der Waals surface area contributed by atoms with Crippen LogP contribution in [0.4, 0.5) is 0 Å². The molecule has 0 unspecified atom stereocenters. The molecular weight excluding hydrogens is 500 g/mol. The quantitative estimate of drug-likeness (QED) is 0.227. The Kier molecular flexibility index (Phi) is 6.39. The fourth-order valence-corrected chi connectivity index (χ4v) is 4.66. The van der Waals surface area contributed by atoms with E-state index in [2.05, 4.69) is 83.9 Å². The maximum Gasteiger partial charge on any atom is 0.282 e. The minimum atomic E-state index is -0.161. The van der Waals surface area contributed by atoms with Gasteiger partial charge in [-0.15, -0.1) is 0 Å². The van der Waals surface area contributed by atoms with E-state index in [1.165, 1.54) is 15.8 Å². The van der Waals surface area contributed by atoms with Crippen LogP contribution in [-0.2, 0) is 6.54 Å². The van der Waals surface area contributed by atoms with Crippen molar-refractivity contribution in [3.05, 3.63) is 110 Å². The van der Waals surface area contributed by atoms with E-state index in [4.69, 9.17) is 10.1 Å². The highest BCUT2D eigenvalue weighted by Gasteiger charge is 2.16. The average molecular weight is 527 g/mol. The molecule has 176 valence electrons. The van der Waals surface area contributed by atoms with Gasteiger partial charge in [-0.3, -0.25) is 4.79 Å². The minimum Gasteiger partial charge on any atom is -0.342 e. The third kappa shape index (κ3) is 4.58. The van der Waals surface area contributed by atoms with Gasteiger partial charge in [0, 0.05) is 39.6 Å². The summed E-state index contributed by atoms with van der Waals surface area (Å²) in [5, 5.41) is 6.34. The first-order chi connectivity index (χ1) is 16.9. The molecule has 0 bridgehead atoms. The van der Waals surface area contributed by atoms with Crippen LogP contribution in [0, 0.1) is 6.92 Å². The molecule has 3 aromatic carbocycles. The van der Waals surface area contributed by atoms with Crippen LogP contribution in [0.15, 0.2) is 87.3 Å². The molecule has 0 aliphatic carbocycles. The smallest absolute Gasteiger partial charge is 0.282 e. The highest BCUT2D eigenvalue weighted by atomic mass is 79.9. The first-order valence-corrected chi connectivity index (χ1v) is 12.6. The zero-order valence-corrected chi connectivity index (χ0v) is 21.7. The molecule has 0 aliphatic rings. The SMILES string of the molecule is CC[C@H](C)c1nc2ccc(Br)cc2c(=O)n1N=Cc1cn(Cc2ccc(C)cc2)c2ccccc12. The third-order valence-corrected chi connectivity index (χ3v) is 6.98. The second-order valence-electron chi connectivity index (χ2n) is 9.02. The average Bonchev–Trinajstić information content (AvgIpc) is 3.22. The normalized spacial score (nSPS) is 12.7. The Morgan fingerprint density at radius 2 is 1.83 bits per heavy atom. The second-order valence-corrected chi connectivity index (χ2v) is 9.93. The fraction of sp³-hybridized carbons (Fsp3) is 0.207. The van der Waals surface area contributed by atoms with E-state index in [-0.39, 0.29) is 11.5 Å². The molecule has 0 radical (unpaired) electrons. The number of rotatable bonds is 6. The maximum atomic E-state index is 13.5. The number of hydrogen-bond donors (Lipinski definition) is 0. The molecule has 6 heteroatoms. The van der Waals surface area contributed by atoms with E-state index < -0.39 is 0 Å². The molecule has 0 saturated carbocycles. The van der Waals surface area contributed by atoms with E-state index in [1.54, 1.807) is 6.21 Å². The Balaban J connectivity index is 1.61. The largest absolute Gasteiger partial charge is 0.342 e. The predicted octanol–water partition coefficient (Wildman–Crippen LogP) is 6.87. The number of hydrogen-bond acceptors (Lipinski definition) is 3. The fourth-order valence-electron chi connectivity index (χ4n) is 4.30. The van der Waals surface area contributed by atoms with Crippen molar-refractivity contribution < 1.29 is 0 Å². The Labute approximate surface area is 212 Å². The van der Waals surface area contributed by atoms with E-state index in [1.807, 2.05) is 30.3 Å². The van der Waals surface area contributed by atoms with E-state index >= 15 is 0 Å². The van der Waals surface area contributed by atoms with Gasteiger partial charge in [0.05, 0.1) is 17.1 Å². The van der Waals surface area contributed by atoms with E-state index in [0.717, 1.165) is 33.9 Å². The molecule has 2 heterocycles. The van der Waals surface area contributed by atoms with E-state index in [0.29, 0.717) is 16.7 Å². The standard InChI is InChI=1S/C29H27BrN4O/c1-4-20(3)28-32-26-14-13-23(30)15-25(26)29(35)34(28)31-16-22-18-33(27-8-6-5-7-24(22)27)17-21-11-9-19(2)10-12-21/h5-16,18,20H,4,17H2,1-3H3/t20-/m0/s1. The lowest BCUT2D eigenvalue weighted by molar-refractivity contribution is 0.613. The lowest BCUT2D eigenvalue weighted by Crippen LogP contribution is -2.23. The Morgan fingerprint density at radius 1 is 1.06 bits per heavy atom. The van der Waals surface area contributed by atoms with Crippen LogP contribution in [0.25, 0.3) is 21.8 Å². The highest BCUT2D eigenvalue weighted by molar-refractivity contribution is 9.10. The minimum absolute atomic E-state index is 0.0933. The molecule has 0 spiro atoms. The van der Waals surface area contributed by atoms with Gasteiger partial charge in [0.25, 0.3) is 5.56 Å². The van der Waals surface area contributed by atoms with Crippen molar-refractivity contribution >= 4 is 44.0 Å². The summed E-state index contributed by atoms with van der Waals surface area (Å²) in [7, 11) is 0. The Morgan fingerprint density at radius 3 is 2.60 bits per heavy atom. The molecule has 0 amide bonds. The first kappa shape index (κ1) is 23.2. The Hall–Kier alpha value is -3.51. The number of para-hydroxylation sites is 1. The summed E-state index contributed by atoms with van der Waals surface area (Å²) in [6, 6.07) is 22.5. The second kappa shape index (κ2) is 9.62. The molecule has 5 rings (SSSR count). The van der Waals surface area contributed by atoms with Crippen LogP contribution in [0.1, 0.15) is 48.7 Å². The topological polar surface area (TPSA) is 52.2 Å². The monoisotopic (exact) mass is 526 g/mol. The summed E-state index contributed by atoms with van der Waals surface area (Å²) in [5.74, 6) is 0.766. The molecule has 2 aromatic heterocycles. The van der Waals surface area contributed by atoms with Crippen molar-refractivity contribution in [2.24, 2.45) is 5.10 Å². The molecule has 1 atom stereocenters. The van der Waals surface area contributed by atoms with Gasteiger partial charge in [-0.2, -0.15) is 9.78 Å². The third-order valence-electron chi connectivity index (χ3n) is 6.49. The van der Waals surface area contributed by atoms with Crippen molar-refractivity contribution in [1.82, 2.24) is 14.2 Å². The lowest BCUT2D eigenvalue weighted by atomic mass is 10.1. The van der Waals surface area contributed by atoms with Crippen molar-refractivity contribution in [3.8, 4) is 0 Å². The Bertz CT molecular complexity index is 1610. The summed E-state index contributed by atoms with van der Waals surface area (Å²) < 4.78 is 4.54. The van der Waals surface area contributed by atoms with Gasteiger partial charge in [-0.25, -0.2) is 4.98 Å². The molecule has 0 aliphatic heterocycles. The number of halogens is 1. The van der Waals surface area contributed by atoms with Crippen LogP contribution in [0.2, 0.25) is 0 Å². The summed E-state index contributed by atoms with van der Waals surface area (Å²) in [6.45, 7) is 7.03. The summed E-state index contributed by atoms with van der Waals surface area (Å²) in [6.07, 6.45) is 4.75. The predicted molar refractivity (Wildman–Crippen MR) is 148 cm³/mol. The summed E-state index contributed by atoms with van der Waals surface area (Å²) in [5.41, 5.74) is 5.10. The number of nitrogens with zero attached hydrogens (tertiary/aromatic N) is 4. The van der Waals surface area contributed by atoms with Crippen molar-refractivity contribution in [3.63, 3.8) is 0 Å². The maximum absolute atomic E-state index is 13.5. The van der Waals surface area contributed by atoms with Crippen molar-refractivity contribution in [2.45, 2.75) is 39.7 Å². The van der Waals surface area contributed by atoms with Gasteiger partial charge >= 0.3 is 0 Å². The van der Waals surface area contributed by atoms with Crippen LogP contribution in [0.3, 0.4) is 0 Å². The van der Waals surface area contributed by atoms with Gasteiger partial charge in [-0.05, 0) is 43.2 Å². The molecule has 0 N–H and O–H groups in total. The number of aryl methyl sites for hydroxylation is 1. The van der Waals surface area contributed by atoms with Crippen molar-refractivity contribution in [1.29, 1.82) is 0 Å². The lowest BCUT2D eigenvalue weighted by Gasteiger charge is -2.13. The van der Waals surface area contributed by atoms with E-state index in [9.17, 15) is 4.79 Å². The molecule has 5 aromatic rings. The van der Waals surface area contributed by atoms with Crippen LogP contribution >= 0.6 is 15.9 Å². The van der Waals surface area contributed by atoms with Gasteiger partial charge < -0.3 is 4.57 Å². The van der Waals surface area contributed by atoms with Gasteiger partial charge in [0.15, 0.2) is 0 Å². The molecule has 35 heavy (non-hydrogen) atoms. The molecule has 5 nitrogen and oxygen atoms in total. The first-order valence-electron chi connectivity index (χ1n) is 11.8. The highest BCUT2D eigenvalue weighted by Crippen LogP contribution is 2.23. The van der Waals surface area contributed by atoms with Gasteiger partial charge in [-0.1, -0.05) is 77.8 Å².